The van der Waals surface area contributed by atoms with Crippen LogP contribution < -0.4 is 5.32 Å². The first-order valence-electron chi connectivity index (χ1n) is 4.24. The fourth-order valence-electron chi connectivity index (χ4n) is 1.19. The van der Waals surface area contributed by atoms with Crippen molar-refractivity contribution in [1.29, 1.82) is 0 Å². The molecule has 0 aromatic heterocycles. The molecule has 0 aliphatic carbocycles. The highest BCUT2D eigenvalue weighted by atomic mass is 19.1. The zero-order chi connectivity index (χ0) is 10.7. The second-order valence-corrected chi connectivity index (χ2v) is 3.13. The first kappa shape index (κ1) is 10.4. The van der Waals surface area contributed by atoms with Gasteiger partial charge in [0.25, 0.3) is 5.91 Å². The highest BCUT2D eigenvalue weighted by Gasteiger charge is 2.09. The molecule has 1 rings (SSSR count). The number of anilines is 1. The van der Waals surface area contributed by atoms with Crippen LogP contribution in [-0.4, -0.2) is 5.91 Å². The van der Waals surface area contributed by atoms with Crippen molar-refractivity contribution in [2.24, 2.45) is 0 Å². The number of carbonyl (C=O) groups is 1. The summed E-state index contributed by atoms with van der Waals surface area (Å²) in [5.41, 5.74) is 2.45. The highest BCUT2D eigenvalue weighted by molar-refractivity contribution is 6.02. The molecular weight excluding hydrogens is 181 g/mol. The fourth-order valence-corrected chi connectivity index (χ4v) is 1.19. The Balaban J connectivity index is 2.97. The monoisotopic (exact) mass is 193 g/mol. The molecule has 0 saturated heterocycles. The molecule has 1 N–H and O–H groups in total. The van der Waals surface area contributed by atoms with Gasteiger partial charge in [-0.05, 0) is 25.0 Å². The van der Waals surface area contributed by atoms with Crippen molar-refractivity contribution in [3.8, 4) is 0 Å². The summed E-state index contributed by atoms with van der Waals surface area (Å²) >= 11 is 0. The Morgan fingerprint density at radius 2 is 1.86 bits per heavy atom. The van der Waals surface area contributed by atoms with Crippen molar-refractivity contribution in [2.45, 2.75) is 13.8 Å². The Hall–Kier alpha value is -1.64. The summed E-state index contributed by atoms with van der Waals surface area (Å²) in [5.74, 6) is -1.77. The Kier molecular flexibility index (Phi) is 3.02. The predicted molar refractivity (Wildman–Crippen MR) is 54.8 cm³/mol. The smallest absolute Gasteiger partial charge is 0.283 e. The Morgan fingerprint density at radius 1 is 1.36 bits per heavy atom. The maximum absolute atomic E-state index is 12.4. The number of hydrogen-bond donors (Lipinski definition) is 1. The van der Waals surface area contributed by atoms with E-state index in [0.717, 1.165) is 11.1 Å². The molecule has 14 heavy (non-hydrogen) atoms. The van der Waals surface area contributed by atoms with Crippen molar-refractivity contribution in [3.63, 3.8) is 0 Å². The van der Waals surface area contributed by atoms with Crippen LogP contribution in [-0.2, 0) is 4.79 Å². The van der Waals surface area contributed by atoms with E-state index in [2.05, 4.69) is 11.9 Å². The number of hydrogen-bond acceptors (Lipinski definition) is 1. The number of amides is 1. The molecular formula is C11H12FNO. The molecule has 1 amide bonds. The third-order valence-corrected chi connectivity index (χ3v) is 1.97. The molecule has 0 aliphatic rings. The average Bonchev–Trinajstić information content (AvgIpc) is 2.11. The van der Waals surface area contributed by atoms with Crippen LogP contribution in [0.3, 0.4) is 0 Å². The zero-order valence-corrected chi connectivity index (χ0v) is 8.23. The lowest BCUT2D eigenvalue weighted by Crippen LogP contribution is -2.13. The number of rotatable bonds is 2. The fraction of sp³-hybridized carbons (Fsp3) is 0.182. The molecule has 0 aliphatic heterocycles. The number of benzene rings is 1. The van der Waals surface area contributed by atoms with Crippen LogP contribution in [0.2, 0.25) is 0 Å². The normalized spacial score (nSPS) is 9.64. The van der Waals surface area contributed by atoms with Gasteiger partial charge in [-0.3, -0.25) is 4.79 Å². The van der Waals surface area contributed by atoms with Crippen LogP contribution in [0.1, 0.15) is 11.1 Å². The minimum Gasteiger partial charge on any atom is -0.320 e. The summed E-state index contributed by atoms with van der Waals surface area (Å²) in [6.45, 7) is 6.63. The molecule has 74 valence electrons. The van der Waals surface area contributed by atoms with Crippen LogP contribution >= 0.6 is 0 Å². The molecule has 0 heterocycles. The topological polar surface area (TPSA) is 29.1 Å². The van der Waals surface area contributed by atoms with Gasteiger partial charge in [-0.2, -0.15) is 0 Å². The van der Waals surface area contributed by atoms with Crippen molar-refractivity contribution < 1.29 is 9.18 Å². The quantitative estimate of drug-likeness (QED) is 0.719. The van der Waals surface area contributed by atoms with E-state index in [1.165, 1.54) is 0 Å². The number of carbonyl (C=O) groups excluding carboxylic acids is 1. The van der Waals surface area contributed by atoms with E-state index in [1.807, 2.05) is 32.0 Å². The molecule has 1 aromatic rings. The number of para-hydroxylation sites is 1. The molecule has 0 fully saturated rings. The average molecular weight is 193 g/mol. The van der Waals surface area contributed by atoms with Gasteiger partial charge in [-0.1, -0.05) is 24.8 Å². The van der Waals surface area contributed by atoms with Gasteiger partial charge in [-0.25, -0.2) is 4.39 Å². The van der Waals surface area contributed by atoms with Gasteiger partial charge in [0.2, 0.25) is 0 Å². The van der Waals surface area contributed by atoms with E-state index in [-0.39, 0.29) is 0 Å². The van der Waals surface area contributed by atoms with E-state index in [4.69, 9.17) is 0 Å². The molecule has 0 saturated carbocycles. The summed E-state index contributed by atoms with van der Waals surface area (Å²) in [5, 5.41) is 2.46. The molecule has 1 aromatic carbocycles. The van der Waals surface area contributed by atoms with Gasteiger partial charge in [0.1, 0.15) is 0 Å². The second-order valence-electron chi connectivity index (χ2n) is 3.13. The SMILES string of the molecule is C=C(F)C(=O)Nc1c(C)cccc1C. The highest BCUT2D eigenvalue weighted by Crippen LogP contribution is 2.19. The van der Waals surface area contributed by atoms with E-state index >= 15 is 0 Å². The van der Waals surface area contributed by atoms with Crippen LogP contribution in [0, 0.1) is 13.8 Å². The van der Waals surface area contributed by atoms with Gasteiger partial charge in [0, 0.05) is 5.69 Å². The summed E-state index contributed by atoms with van der Waals surface area (Å²) in [6, 6.07) is 5.58. The predicted octanol–water partition coefficient (Wildman–Crippen LogP) is 2.73. The lowest BCUT2D eigenvalue weighted by Gasteiger charge is -2.09. The molecule has 0 radical (unpaired) electrons. The van der Waals surface area contributed by atoms with Gasteiger partial charge in [-0.15, -0.1) is 0 Å². The summed E-state index contributed by atoms with van der Waals surface area (Å²) in [7, 11) is 0. The van der Waals surface area contributed by atoms with Crippen LogP contribution in [0.5, 0.6) is 0 Å². The first-order chi connectivity index (χ1) is 6.52. The largest absolute Gasteiger partial charge is 0.320 e. The van der Waals surface area contributed by atoms with Crippen LogP contribution in [0.25, 0.3) is 0 Å². The molecule has 0 bridgehead atoms. The van der Waals surface area contributed by atoms with E-state index in [9.17, 15) is 9.18 Å². The van der Waals surface area contributed by atoms with E-state index in [1.54, 1.807) is 0 Å². The van der Waals surface area contributed by atoms with Gasteiger partial charge in [0.05, 0.1) is 0 Å². The van der Waals surface area contributed by atoms with Crippen LogP contribution in [0.4, 0.5) is 10.1 Å². The summed E-state index contributed by atoms with van der Waals surface area (Å²) in [4.78, 5) is 11.0. The zero-order valence-electron chi connectivity index (χ0n) is 8.23. The molecule has 0 unspecified atom stereocenters. The molecule has 2 nitrogen and oxygen atoms in total. The standard InChI is InChI=1S/C11H12FNO/c1-7-5-4-6-8(2)10(7)13-11(14)9(3)12/h4-6H,3H2,1-2H3,(H,13,14). The molecule has 0 atom stereocenters. The number of nitrogens with one attached hydrogen (secondary N) is 1. The number of aryl methyl sites for hydroxylation is 2. The van der Waals surface area contributed by atoms with E-state index < -0.39 is 11.7 Å². The first-order valence-corrected chi connectivity index (χ1v) is 4.24. The third kappa shape index (κ3) is 2.19. The Bertz CT molecular complexity index is 365. The third-order valence-electron chi connectivity index (χ3n) is 1.97. The second kappa shape index (κ2) is 4.05. The van der Waals surface area contributed by atoms with Crippen molar-refractivity contribution in [3.05, 3.63) is 41.7 Å². The number of halogens is 1. The Labute approximate surface area is 82.4 Å². The Morgan fingerprint density at radius 3 is 2.29 bits per heavy atom. The lowest BCUT2D eigenvalue weighted by atomic mass is 10.1. The van der Waals surface area contributed by atoms with Gasteiger partial charge < -0.3 is 5.32 Å². The van der Waals surface area contributed by atoms with Gasteiger partial charge >= 0.3 is 0 Å². The lowest BCUT2D eigenvalue weighted by molar-refractivity contribution is -0.114. The summed E-state index contributed by atoms with van der Waals surface area (Å²) < 4.78 is 12.4. The maximum Gasteiger partial charge on any atom is 0.283 e. The minimum absolute atomic E-state index is 0.649. The minimum atomic E-state index is -0.979. The molecule has 3 heteroatoms. The van der Waals surface area contributed by atoms with Crippen molar-refractivity contribution >= 4 is 11.6 Å². The van der Waals surface area contributed by atoms with Crippen molar-refractivity contribution in [1.82, 2.24) is 0 Å². The van der Waals surface area contributed by atoms with Crippen LogP contribution in [0.15, 0.2) is 30.6 Å². The van der Waals surface area contributed by atoms with E-state index in [0.29, 0.717) is 5.69 Å². The maximum atomic E-state index is 12.4. The van der Waals surface area contributed by atoms with Gasteiger partial charge in [0.15, 0.2) is 5.83 Å². The summed E-state index contributed by atoms with van der Waals surface area (Å²) in [6.07, 6.45) is 0. The molecule has 0 spiro atoms. The van der Waals surface area contributed by atoms with Crippen molar-refractivity contribution in [2.75, 3.05) is 5.32 Å².